The summed E-state index contributed by atoms with van der Waals surface area (Å²) in [6.07, 6.45) is 15.2. The Morgan fingerprint density at radius 3 is 1.88 bits per heavy atom. The molecule has 0 radical (unpaired) electrons. The summed E-state index contributed by atoms with van der Waals surface area (Å²) < 4.78 is 5.88. The zero-order valence-electron chi connectivity index (χ0n) is 12.5. The smallest absolute Gasteiger partial charge is 0.0572 e. The monoisotopic (exact) mass is 242 g/mol. The molecule has 0 amide bonds. The largest absolute Gasteiger partial charge is 0.378 e. The molecule has 0 saturated heterocycles. The normalized spacial score (nSPS) is 12.9. The number of ether oxygens (including phenoxy) is 1. The molecule has 17 heavy (non-hydrogen) atoms. The second-order valence-electron chi connectivity index (χ2n) is 5.16. The second-order valence-corrected chi connectivity index (χ2v) is 5.16. The molecule has 0 bridgehead atoms. The molecule has 104 valence electrons. The van der Waals surface area contributed by atoms with Gasteiger partial charge in [0.2, 0.25) is 0 Å². The van der Waals surface area contributed by atoms with E-state index in [0.29, 0.717) is 6.10 Å². The fourth-order valence-electron chi connectivity index (χ4n) is 2.13. The van der Waals surface area contributed by atoms with Crippen molar-refractivity contribution in [2.75, 3.05) is 6.61 Å². The molecule has 0 aliphatic heterocycles. The third kappa shape index (κ3) is 12.2. The Morgan fingerprint density at radius 1 is 0.706 bits per heavy atom. The lowest BCUT2D eigenvalue weighted by molar-refractivity contribution is 0.0414. The molecule has 0 aromatic rings. The van der Waals surface area contributed by atoms with E-state index in [9.17, 15) is 0 Å². The third-order valence-corrected chi connectivity index (χ3v) is 3.44. The van der Waals surface area contributed by atoms with Gasteiger partial charge < -0.3 is 4.74 Å². The molecule has 0 rings (SSSR count). The minimum atomic E-state index is 0.525. The van der Waals surface area contributed by atoms with Crippen molar-refractivity contribution < 1.29 is 4.74 Å². The van der Waals surface area contributed by atoms with Crippen molar-refractivity contribution in [3.05, 3.63) is 0 Å². The third-order valence-electron chi connectivity index (χ3n) is 3.44. The summed E-state index contributed by atoms with van der Waals surface area (Å²) in [5.41, 5.74) is 0. The second kappa shape index (κ2) is 14.0. The average molecular weight is 242 g/mol. The van der Waals surface area contributed by atoms with Crippen LogP contribution in [0.4, 0.5) is 0 Å². The van der Waals surface area contributed by atoms with Crippen LogP contribution in [-0.4, -0.2) is 12.7 Å². The molecule has 0 aromatic carbocycles. The number of rotatable bonds is 13. The summed E-state index contributed by atoms with van der Waals surface area (Å²) in [6.45, 7) is 7.71. The zero-order valence-corrected chi connectivity index (χ0v) is 12.5. The Morgan fingerprint density at radius 2 is 1.29 bits per heavy atom. The van der Waals surface area contributed by atoms with Gasteiger partial charge in [-0.1, -0.05) is 72.1 Å². The maximum Gasteiger partial charge on any atom is 0.0572 e. The highest BCUT2D eigenvalue weighted by Crippen LogP contribution is 2.13. The van der Waals surface area contributed by atoms with Crippen molar-refractivity contribution >= 4 is 0 Å². The van der Waals surface area contributed by atoms with Crippen LogP contribution in [0.1, 0.15) is 91.4 Å². The van der Waals surface area contributed by atoms with Gasteiger partial charge in [-0.05, 0) is 19.3 Å². The lowest BCUT2D eigenvalue weighted by atomic mass is 10.1. The molecule has 0 aromatic heterocycles. The number of unbranched alkanes of at least 4 members (excludes halogenated alkanes) is 7. The summed E-state index contributed by atoms with van der Waals surface area (Å²) in [4.78, 5) is 0. The Balaban J connectivity index is 3.25. The molecule has 0 saturated carbocycles. The Hall–Kier alpha value is -0.0400. The van der Waals surface area contributed by atoms with E-state index in [1.807, 2.05) is 0 Å². The van der Waals surface area contributed by atoms with E-state index < -0.39 is 0 Å². The number of hydrogen-bond acceptors (Lipinski definition) is 1. The zero-order chi connectivity index (χ0) is 12.8. The SMILES string of the molecule is CCCCCCCCCC(CC)OCCCC. The molecule has 0 N–H and O–H groups in total. The predicted octanol–water partition coefficient (Wildman–Crippen LogP) is 5.72. The van der Waals surface area contributed by atoms with Gasteiger partial charge in [-0.15, -0.1) is 0 Å². The quantitative estimate of drug-likeness (QED) is 0.375. The average Bonchev–Trinajstić information content (AvgIpc) is 2.35. The molecule has 0 aliphatic rings. The highest BCUT2D eigenvalue weighted by Gasteiger charge is 2.05. The molecular weight excluding hydrogens is 208 g/mol. The fourth-order valence-corrected chi connectivity index (χ4v) is 2.13. The molecular formula is C16H34O. The van der Waals surface area contributed by atoms with E-state index in [0.717, 1.165) is 6.61 Å². The summed E-state index contributed by atoms with van der Waals surface area (Å²) in [5.74, 6) is 0. The highest BCUT2D eigenvalue weighted by atomic mass is 16.5. The van der Waals surface area contributed by atoms with Gasteiger partial charge in [0.25, 0.3) is 0 Å². The van der Waals surface area contributed by atoms with Crippen molar-refractivity contribution in [2.45, 2.75) is 97.5 Å². The van der Waals surface area contributed by atoms with Crippen molar-refractivity contribution in [1.29, 1.82) is 0 Å². The molecule has 0 fully saturated rings. The van der Waals surface area contributed by atoms with Crippen molar-refractivity contribution in [2.24, 2.45) is 0 Å². The van der Waals surface area contributed by atoms with Crippen LogP contribution in [0.2, 0.25) is 0 Å². The first kappa shape index (κ1) is 17.0. The van der Waals surface area contributed by atoms with Gasteiger partial charge >= 0.3 is 0 Å². The summed E-state index contributed by atoms with van der Waals surface area (Å²) in [6, 6.07) is 0. The predicted molar refractivity (Wildman–Crippen MR) is 77.5 cm³/mol. The highest BCUT2D eigenvalue weighted by molar-refractivity contribution is 4.56. The van der Waals surface area contributed by atoms with Crippen molar-refractivity contribution in [3.63, 3.8) is 0 Å². The molecule has 0 spiro atoms. The van der Waals surface area contributed by atoms with E-state index in [2.05, 4.69) is 20.8 Å². The van der Waals surface area contributed by atoms with Gasteiger partial charge in [-0.25, -0.2) is 0 Å². The van der Waals surface area contributed by atoms with Crippen LogP contribution in [0.15, 0.2) is 0 Å². The lowest BCUT2D eigenvalue weighted by Gasteiger charge is -2.15. The van der Waals surface area contributed by atoms with Gasteiger partial charge in [-0.2, -0.15) is 0 Å². The van der Waals surface area contributed by atoms with Crippen LogP contribution >= 0.6 is 0 Å². The molecule has 0 heterocycles. The van der Waals surface area contributed by atoms with Gasteiger partial charge in [0.05, 0.1) is 6.10 Å². The minimum absolute atomic E-state index is 0.525. The first-order chi connectivity index (χ1) is 8.35. The molecule has 1 heteroatoms. The van der Waals surface area contributed by atoms with Gasteiger partial charge in [0.15, 0.2) is 0 Å². The first-order valence-electron chi connectivity index (χ1n) is 7.96. The van der Waals surface area contributed by atoms with Crippen LogP contribution in [0.3, 0.4) is 0 Å². The molecule has 1 unspecified atom stereocenters. The summed E-state index contributed by atoms with van der Waals surface area (Å²) in [7, 11) is 0. The summed E-state index contributed by atoms with van der Waals surface area (Å²) in [5, 5.41) is 0. The van der Waals surface area contributed by atoms with E-state index in [1.165, 1.54) is 70.6 Å². The molecule has 0 aliphatic carbocycles. The standard InChI is InChI=1S/C16H34O/c1-4-7-9-10-11-12-13-14-16(6-3)17-15-8-5-2/h16H,4-15H2,1-3H3. The minimum Gasteiger partial charge on any atom is -0.378 e. The maximum absolute atomic E-state index is 5.88. The Labute approximate surface area is 109 Å². The van der Waals surface area contributed by atoms with E-state index >= 15 is 0 Å². The number of hydrogen-bond donors (Lipinski definition) is 0. The van der Waals surface area contributed by atoms with E-state index in [4.69, 9.17) is 4.74 Å². The molecule has 1 nitrogen and oxygen atoms in total. The van der Waals surface area contributed by atoms with Crippen molar-refractivity contribution in [3.8, 4) is 0 Å². The van der Waals surface area contributed by atoms with E-state index in [-0.39, 0.29) is 0 Å². The van der Waals surface area contributed by atoms with Crippen LogP contribution in [0.5, 0.6) is 0 Å². The van der Waals surface area contributed by atoms with E-state index in [1.54, 1.807) is 0 Å². The van der Waals surface area contributed by atoms with Crippen LogP contribution in [0, 0.1) is 0 Å². The Bertz CT molecular complexity index is 133. The van der Waals surface area contributed by atoms with Crippen LogP contribution in [0.25, 0.3) is 0 Å². The topological polar surface area (TPSA) is 9.23 Å². The van der Waals surface area contributed by atoms with Crippen molar-refractivity contribution in [1.82, 2.24) is 0 Å². The first-order valence-corrected chi connectivity index (χ1v) is 7.96. The summed E-state index contributed by atoms with van der Waals surface area (Å²) >= 11 is 0. The Kier molecular flexibility index (Phi) is 14.0. The van der Waals surface area contributed by atoms with Gasteiger partial charge in [0.1, 0.15) is 0 Å². The van der Waals surface area contributed by atoms with Crippen LogP contribution in [-0.2, 0) is 4.74 Å². The molecule has 1 atom stereocenters. The van der Waals surface area contributed by atoms with Gasteiger partial charge in [-0.3, -0.25) is 0 Å². The lowest BCUT2D eigenvalue weighted by Crippen LogP contribution is -2.12. The fraction of sp³-hybridized carbons (Fsp3) is 1.00. The maximum atomic E-state index is 5.88. The van der Waals surface area contributed by atoms with Gasteiger partial charge in [0, 0.05) is 6.61 Å². The van der Waals surface area contributed by atoms with Crippen LogP contribution < -0.4 is 0 Å².